The second-order valence-electron chi connectivity index (χ2n) is 26.0. The van der Waals surface area contributed by atoms with Gasteiger partial charge in [-0.25, -0.2) is 26.4 Å². The van der Waals surface area contributed by atoms with Crippen molar-refractivity contribution in [1.82, 2.24) is 19.2 Å². The summed E-state index contributed by atoms with van der Waals surface area (Å²) in [4.78, 5) is 70.9. The lowest BCUT2D eigenvalue weighted by Crippen LogP contribution is -2.64. The number of ether oxygens (including phenoxy) is 1. The van der Waals surface area contributed by atoms with Crippen LogP contribution < -0.4 is 40.0 Å². The van der Waals surface area contributed by atoms with Crippen molar-refractivity contribution in [1.29, 1.82) is 0 Å². The second kappa shape index (κ2) is 20.7. The molecule has 440 valence electrons. The minimum atomic E-state index is -3.22. The SMILES string of the molecule is CS(=O)(=O)N1CCN(c2ccc(N3CCN(C(=O)NC4C5CC6CC4CC(C(=O)OC(=O)C47CC8CC(C4)C(NC(=O)N4CCN(c9ccc(N%10CCN(S(C)(=O)=O)CC%10)cc9)c9ccccc94)C(C8)C7)(C6)C5)c4ccccc43)cc2)CC1. The Morgan fingerprint density at radius 3 is 1.08 bits per heavy atom. The fraction of sp³-hybridized carbons (Fsp3) is 0.548. The van der Waals surface area contributed by atoms with E-state index in [4.69, 9.17) is 4.74 Å². The number of piperazine rings is 2. The van der Waals surface area contributed by atoms with Crippen LogP contribution in [0, 0.1) is 46.3 Å². The first-order valence-corrected chi connectivity index (χ1v) is 33.8. The summed E-state index contributed by atoms with van der Waals surface area (Å²) in [6, 6.07) is 32.3. The number of carbonyl (C=O) groups is 4. The lowest BCUT2D eigenvalue weighted by Gasteiger charge is -2.60. The van der Waals surface area contributed by atoms with Crippen LogP contribution in [0.3, 0.4) is 0 Å². The summed E-state index contributed by atoms with van der Waals surface area (Å²) in [5.74, 6) is 0.343. The van der Waals surface area contributed by atoms with E-state index in [1.807, 2.05) is 46.2 Å². The Labute approximate surface area is 487 Å². The summed E-state index contributed by atoms with van der Waals surface area (Å²) in [7, 11) is -6.43. The smallest absolute Gasteiger partial charge is 0.322 e. The molecule has 8 aliphatic carbocycles. The number of amides is 4. The Balaban J connectivity index is 0.590. The molecule has 2 N–H and O–H groups in total. The number of esters is 2. The highest BCUT2D eigenvalue weighted by Gasteiger charge is 2.63. The Kier molecular flexibility index (Phi) is 13.6. The monoisotopic (exact) mass is 1170 g/mol. The quantitative estimate of drug-likeness (QED) is 0.118. The molecule has 4 amide bonds. The van der Waals surface area contributed by atoms with Gasteiger partial charge in [0.15, 0.2) is 0 Å². The van der Waals surface area contributed by atoms with Crippen LogP contribution in [0.1, 0.15) is 64.2 Å². The first-order chi connectivity index (χ1) is 39.9. The van der Waals surface area contributed by atoms with Crippen molar-refractivity contribution in [3.05, 3.63) is 97.1 Å². The van der Waals surface area contributed by atoms with Crippen molar-refractivity contribution in [2.45, 2.75) is 76.3 Å². The fourth-order valence-electron chi connectivity index (χ4n) is 17.7. The van der Waals surface area contributed by atoms with Crippen LogP contribution in [-0.2, 0) is 34.4 Å². The second-order valence-corrected chi connectivity index (χ2v) is 30.0. The van der Waals surface area contributed by atoms with Crippen molar-refractivity contribution < 1.29 is 40.8 Å². The van der Waals surface area contributed by atoms with Crippen LogP contribution >= 0.6 is 0 Å². The predicted molar refractivity (Wildman–Crippen MR) is 319 cm³/mol. The van der Waals surface area contributed by atoms with Gasteiger partial charge in [0.1, 0.15) is 0 Å². The Morgan fingerprint density at radius 2 is 0.747 bits per heavy atom. The van der Waals surface area contributed by atoms with Gasteiger partial charge in [0.25, 0.3) is 0 Å². The third kappa shape index (κ3) is 9.87. The average Bonchev–Trinajstić information content (AvgIpc) is 1.75. The number of carbonyl (C=O) groups excluding carboxylic acids is 4. The third-order valence-electron chi connectivity index (χ3n) is 21.2. The Bertz CT molecular complexity index is 3190. The number of para-hydroxylation sites is 4. The number of fused-ring (bicyclic) bond motifs is 2. The number of hydrogen-bond donors (Lipinski definition) is 2. The number of urea groups is 2. The van der Waals surface area contributed by atoms with Crippen LogP contribution in [0.25, 0.3) is 0 Å². The zero-order valence-corrected chi connectivity index (χ0v) is 49.1. The maximum atomic E-state index is 14.7. The minimum Gasteiger partial charge on any atom is -0.392 e. The minimum absolute atomic E-state index is 0.0796. The van der Waals surface area contributed by atoms with Gasteiger partial charge >= 0.3 is 24.0 Å². The number of hydrogen-bond acceptors (Lipinski definition) is 13. The highest BCUT2D eigenvalue weighted by atomic mass is 32.2. The van der Waals surface area contributed by atoms with Crippen LogP contribution in [0.2, 0.25) is 0 Å². The van der Waals surface area contributed by atoms with Gasteiger partial charge in [0.2, 0.25) is 20.0 Å². The number of benzene rings is 4. The topological polar surface area (TPSA) is 196 Å². The molecule has 4 atom stereocenters. The normalized spacial score (nSPS) is 31.2. The van der Waals surface area contributed by atoms with E-state index in [1.54, 1.807) is 0 Å². The molecular weight excluding hydrogens is 1090 g/mol. The molecular formula is C62H76N10O9S2. The molecule has 4 heterocycles. The number of anilines is 8. The average molecular weight is 1170 g/mol. The van der Waals surface area contributed by atoms with Gasteiger partial charge in [0.05, 0.1) is 46.1 Å². The van der Waals surface area contributed by atoms with Crippen molar-refractivity contribution in [3.8, 4) is 0 Å². The van der Waals surface area contributed by atoms with Gasteiger partial charge in [0, 0.05) is 113 Å². The van der Waals surface area contributed by atoms with E-state index in [0.717, 1.165) is 84.0 Å². The van der Waals surface area contributed by atoms with Crippen LogP contribution in [-0.4, -0.2) is 153 Å². The van der Waals surface area contributed by atoms with E-state index in [2.05, 4.69) is 90.9 Å². The molecule has 4 aliphatic heterocycles. The van der Waals surface area contributed by atoms with E-state index in [1.165, 1.54) is 21.1 Å². The fourth-order valence-corrected chi connectivity index (χ4v) is 19.3. The van der Waals surface area contributed by atoms with Crippen LogP contribution in [0.4, 0.5) is 55.1 Å². The number of sulfonamides is 2. The highest BCUT2D eigenvalue weighted by molar-refractivity contribution is 7.88. The Morgan fingerprint density at radius 1 is 0.422 bits per heavy atom. The number of nitrogens with zero attached hydrogens (tertiary/aromatic N) is 8. The van der Waals surface area contributed by atoms with Crippen molar-refractivity contribution >= 4 is 89.5 Å². The van der Waals surface area contributed by atoms with E-state index < -0.39 is 30.9 Å². The van der Waals surface area contributed by atoms with Gasteiger partial charge in [-0.05, 0) is 173 Å². The zero-order chi connectivity index (χ0) is 57.2. The lowest BCUT2D eigenvalue weighted by atomic mass is 9.47. The molecule has 21 heteroatoms. The van der Waals surface area contributed by atoms with Gasteiger partial charge in [-0.2, -0.15) is 8.61 Å². The van der Waals surface area contributed by atoms with Gasteiger partial charge in [-0.1, -0.05) is 24.3 Å². The molecule has 2 saturated heterocycles. The number of nitrogens with one attached hydrogen (secondary N) is 2. The van der Waals surface area contributed by atoms with Crippen LogP contribution in [0.5, 0.6) is 0 Å². The van der Waals surface area contributed by atoms with E-state index in [9.17, 15) is 36.0 Å². The molecule has 8 saturated carbocycles. The molecule has 0 spiro atoms. The molecule has 0 aromatic heterocycles. The first kappa shape index (κ1) is 54.5. The summed E-state index contributed by atoms with van der Waals surface area (Å²) < 4.78 is 57.5. The summed E-state index contributed by atoms with van der Waals surface area (Å²) in [5.41, 5.74) is 6.19. The molecule has 0 radical (unpaired) electrons. The first-order valence-electron chi connectivity index (χ1n) is 30.1. The lowest BCUT2D eigenvalue weighted by molar-refractivity contribution is -0.193. The van der Waals surface area contributed by atoms with E-state index >= 15 is 0 Å². The predicted octanol–water partition coefficient (Wildman–Crippen LogP) is 7.35. The van der Waals surface area contributed by atoms with Gasteiger partial charge in [-0.15, -0.1) is 0 Å². The zero-order valence-electron chi connectivity index (χ0n) is 47.5. The summed E-state index contributed by atoms with van der Waals surface area (Å²) in [6.45, 7) is 6.53. The van der Waals surface area contributed by atoms with Crippen molar-refractivity contribution in [2.75, 3.05) is 120 Å². The third-order valence-corrected chi connectivity index (χ3v) is 23.8. The van der Waals surface area contributed by atoms with E-state index in [-0.39, 0.29) is 59.8 Å². The van der Waals surface area contributed by atoms with Crippen molar-refractivity contribution in [3.63, 3.8) is 0 Å². The molecule has 10 fully saturated rings. The molecule has 16 rings (SSSR count). The summed E-state index contributed by atoms with van der Waals surface area (Å²) in [6.07, 6.45) is 10.1. The molecule has 19 nitrogen and oxygen atoms in total. The largest absolute Gasteiger partial charge is 0.392 e. The molecule has 12 aliphatic rings. The maximum absolute atomic E-state index is 14.7. The Hall–Kier alpha value is -6.42. The van der Waals surface area contributed by atoms with Crippen LogP contribution in [0.15, 0.2) is 97.1 Å². The molecule has 4 aromatic rings. The summed E-state index contributed by atoms with van der Waals surface area (Å²) in [5, 5.41) is 6.98. The molecule has 83 heavy (non-hydrogen) atoms. The standard InChI is InChI=1S/C62H76N10O9S2/c1-82(77,78)67-23-19-65(20-24-67)47-11-15-49(16-12-47)69-27-29-71(53-9-5-3-7-51(53)69)59(75)63-55-43-31-41-32-44(55)38-61(35-41,37-43)57(73)81-58(74)62-36-42-33-45(39-62)56(46(34-42)40-62)64-60(76)72-30-28-70(52-8-4-6-10-54(52)72)50-17-13-48(14-18-50)66-21-25-68(26-22-66)83(2,79)80/h3-18,41-46,55-56H,19-40H2,1-2H3,(H,63,75)(H,64,76). The van der Waals surface area contributed by atoms with E-state index in [0.29, 0.717) is 116 Å². The van der Waals surface area contributed by atoms with Gasteiger partial charge < -0.3 is 35.0 Å². The summed E-state index contributed by atoms with van der Waals surface area (Å²) >= 11 is 0. The molecule has 4 aromatic carbocycles. The number of rotatable bonds is 10. The van der Waals surface area contributed by atoms with Gasteiger partial charge in [-0.3, -0.25) is 19.4 Å². The highest BCUT2D eigenvalue weighted by Crippen LogP contribution is 2.63. The molecule has 8 bridgehead atoms. The molecule has 4 unspecified atom stereocenters. The van der Waals surface area contributed by atoms with Crippen molar-refractivity contribution in [2.24, 2.45) is 46.3 Å². The maximum Gasteiger partial charge on any atom is 0.322 e.